The second-order valence-electron chi connectivity index (χ2n) is 5.95. The quantitative estimate of drug-likeness (QED) is 0.560. The van der Waals surface area contributed by atoms with Crippen molar-refractivity contribution in [2.75, 3.05) is 20.3 Å². The summed E-state index contributed by atoms with van der Waals surface area (Å²) in [6.07, 6.45) is 0. The SMILES string of the molecule is CCNC(=NCc1ccc(OCC)c(OC)c1)NCc1ccc(C)cc1. The molecule has 2 aromatic carbocycles. The Morgan fingerprint density at radius 2 is 1.69 bits per heavy atom. The molecule has 140 valence electrons. The summed E-state index contributed by atoms with van der Waals surface area (Å²) in [6, 6.07) is 14.4. The maximum atomic E-state index is 5.56. The van der Waals surface area contributed by atoms with Crippen LogP contribution in [0.5, 0.6) is 11.5 Å². The van der Waals surface area contributed by atoms with Gasteiger partial charge in [0.2, 0.25) is 0 Å². The van der Waals surface area contributed by atoms with E-state index in [0.717, 1.165) is 36.1 Å². The number of guanidine groups is 1. The zero-order valence-corrected chi connectivity index (χ0v) is 16.1. The molecule has 0 aliphatic carbocycles. The fraction of sp³-hybridized carbons (Fsp3) is 0.381. The molecule has 2 N–H and O–H groups in total. The predicted octanol–water partition coefficient (Wildman–Crippen LogP) is 3.66. The largest absolute Gasteiger partial charge is 0.493 e. The van der Waals surface area contributed by atoms with Gasteiger partial charge in [-0.15, -0.1) is 0 Å². The van der Waals surface area contributed by atoms with Crippen molar-refractivity contribution in [3.63, 3.8) is 0 Å². The van der Waals surface area contributed by atoms with Crippen molar-refractivity contribution in [1.29, 1.82) is 0 Å². The van der Waals surface area contributed by atoms with Crippen molar-refractivity contribution < 1.29 is 9.47 Å². The molecule has 0 aliphatic rings. The highest BCUT2D eigenvalue weighted by molar-refractivity contribution is 5.79. The summed E-state index contributed by atoms with van der Waals surface area (Å²) >= 11 is 0. The Labute approximate surface area is 156 Å². The number of nitrogens with zero attached hydrogens (tertiary/aromatic N) is 1. The highest BCUT2D eigenvalue weighted by Gasteiger charge is 2.05. The van der Waals surface area contributed by atoms with E-state index in [2.05, 4.69) is 53.7 Å². The van der Waals surface area contributed by atoms with Crippen molar-refractivity contribution in [3.05, 3.63) is 59.2 Å². The van der Waals surface area contributed by atoms with Crippen LogP contribution in [-0.4, -0.2) is 26.2 Å². The van der Waals surface area contributed by atoms with Gasteiger partial charge in [0.05, 0.1) is 20.3 Å². The molecule has 0 saturated heterocycles. The van der Waals surface area contributed by atoms with E-state index in [1.165, 1.54) is 11.1 Å². The van der Waals surface area contributed by atoms with E-state index in [1.54, 1.807) is 7.11 Å². The van der Waals surface area contributed by atoms with Gasteiger partial charge in [0, 0.05) is 13.1 Å². The summed E-state index contributed by atoms with van der Waals surface area (Å²) in [7, 11) is 1.65. The van der Waals surface area contributed by atoms with Gasteiger partial charge in [0.25, 0.3) is 0 Å². The Bertz CT molecular complexity index is 712. The van der Waals surface area contributed by atoms with Gasteiger partial charge in [0.15, 0.2) is 17.5 Å². The number of aliphatic imine (C=N–C) groups is 1. The maximum absolute atomic E-state index is 5.56. The first-order valence-electron chi connectivity index (χ1n) is 9.03. The summed E-state index contributed by atoms with van der Waals surface area (Å²) in [6.45, 7) is 8.83. The van der Waals surface area contributed by atoms with Gasteiger partial charge >= 0.3 is 0 Å². The lowest BCUT2D eigenvalue weighted by Crippen LogP contribution is -2.36. The summed E-state index contributed by atoms with van der Waals surface area (Å²) in [5, 5.41) is 6.65. The monoisotopic (exact) mass is 355 g/mol. The van der Waals surface area contributed by atoms with Gasteiger partial charge in [-0.05, 0) is 44.0 Å². The fourth-order valence-electron chi connectivity index (χ4n) is 2.49. The molecule has 2 aromatic rings. The molecule has 0 bridgehead atoms. The molecule has 0 atom stereocenters. The standard InChI is InChI=1S/C21H29N3O2/c1-5-22-21(23-14-17-9-7-16(3)8-10-17)24-15-18-11-12-19(26-6-2)20(13-18)25-4/h7-13H,5-6,14-15H2,1-4H3,(H2,22,23,24). The molecule has 0 aliphatic heterocycles. The second kappa shape index (κ2) is 10.3. The first-order valence-corrected chi connectivity index (χ1v) is 9.03. The maximum Gasteiger partial charge on any atom is 0.191 e. The number of benzene rings is 2. The first-order chi connectivity index (χ1) is 12.7. The predicted molar refractivity (Wildman–Crippen MR) is 107 cm³/mol. The van der Waals surface area contributed by atoms with Crippen LogP contribution in [0.4, 0.5) is 0 Å². The lowest BCUT2D eigenvalue weighted by atomic mass is 10.1. The van der Waals surface area contributed by atoms with E-state index in [4.69, 9.17) is 9.47 Å². The van der Waals surface area contributed by atoms with Crippen LogP contribution in [0.3, 0.4) is 0 Å². The molecule has 0 saturated carbocycles. The summed E-state index contributed by atoms with van der Waals surface area (Å²) in [5.41, 5.74) is 3.56. The Morgan fingerprint density at radius 1 is 0.962 bits per heavy atom. The van der Waals surface area contributed by atoms with E-state index >= 15 is 0 Å². The van der Waals surface area contributed by atoms with Crippen molar-refractivity contribution >= 4 is 5.96 Å². The van der Waals surface area contributed by atoms with Gasteiger partial charge in [-0.25, -0.2) is 4.99 Å². The van der Waals surface area contributed by atoms with Crippen LogP contribution in [-0.2, 0) is 13.1 Å². The number of hydrogen-bond donors (Lipinski definition) is 2. The Balaban J connectivity index is 2.02. The molecule has 2 rings (SSSR count). The van der Waals surface area contributed by atoms with Gasteiger partial charge < -0.3 is 20.1 Å². The topological polar surface area (TPSA) is 54.9 Å². The third-order valence-electron chi connectivity index (χ3n) is 3.87. The molecule has 0 fully saturated rings. The average molecular weight is 355 g/mol. The van der Waals surface area contributed by atoms with Crippen molar-refractivity contribution in [2.45, 2.75) is 33.9 Å². The Morgan fingerprint density at radius 3 is 2.35 bits per heavy atom. The van der Waals surface area contributed by atoms with E-state index in [-0.39, 0.29) is 0 Å². The number of nitrogens with one attached hydrogen (secondary N) is 2. The number of rotatable bonds is 8. The molecule has 0 heterocycles. The van der Waals surface area contributed by atoms with E-state index in [0.29, 0.717) is 13.2 Å². The normalized spacial score (nSPS) is 11.2. The number of aryl methyl sites for hydroxylation is 1. The molecule has 0 unspecified atom stereocenters. The molecule has 0 aromatic heterocycles. The van der Waals surface area contributed by atoms with Crippen LogP contribution < -0.4 is 20.1 Å². The zero-order valence-electron chi connectivity index (χ0n) is 16.1. The number of ether oxygens (including phenoxy) is 2. The molecule has 26 heavy (non-hydrogen) atoms. The summed E-state index contributed by atoms with van der Waals surface area (Å²) in [5.74, 6) is 2.28. The van der Waals surface area contributed by atoms with E-state index in [9.17, 15) is 0 Å². The minimum Gasteiger partial charge on any atom is -0.493 e. The molecule has 0 amide bonds. The van der Waals surface area contributed by atoms with Crippen molar-refractivity contribution in [3.8, 4) is 11.5 Å². The number of hydrogen-bond acceptors (Lipinski definition) is 3. The number of methoxy groups -OCH3 is 1. The minimum absolute atomic E-state index is 0.562. The van der Waals surface area contributed by atoms with Crippen LogP contribution in [0.15, 0.2) is 47.5 Å². The molecule has 5 nitrogen and oxygen atoms in total. The summed E-state index contributed by atoms with van der Waals surface area (Å²) in [4.78, 5) is 4.67. The fourth-order valence-corrected chi connectivity index (χ4v) is 2.49. The van der Waals surface area contributed by atoms with E-state index in [1.807, 2.05) is 25.1 Å². The van der Waals surface area contributed by atoms with Crippen LogP contribution >= 0.6 is 0 Å². The Kier molecular flexibility index (Phi) is 7.80. The Hall–Kier alpha value is -2.69. The second-order valence-corrected chi connectivity index (χ2v) is 5.95. The highest BCUT2D eigenvalue weighted by atomic mass is 16.5. The van der Waals surface area contributed by atoms with Gasteiger partial charge in [0.1, 0.15) is 0 Å². The van der Waals surface area contributed by atoms with Crippen LogP contribution in [0.1, 0.15) is 30.5 Å². The van der Waals surface area contributed by atoms with Gasteiger partial charge in [-0.1, -0.05) is 35.9 Å². The van der Waals surface area contributed by atoms with Crippen LogP contribution in [0.25, 0.3) is 0 Å². The molecular formula is C21H29N3O2. The molecule has 0 radical (unpaired) electrons. The van der Waals surface area contributed by atoms with Crippen LogP contribution in [0.2, 0.25) is 0 Å². The van der Waals surface area contributed by atoms with Gasteiger partial charge in [-0.3, -0.25) is 0 Å². The smallest absolute Gasteiger partial charge is 0.191 e. The average Bonchev–Trinajstić information content (AvgIpc) is 2.66. The lowest BCUT2D eigenvalue weighted by Gasteiger charge is -2.13. The molecule has 0 spiro atoms. The van der Waals surface area contributed by atoms with Crippen molar-refractivity contribution in [1.82, 2.24) is 10.6 Å². The van der Waals surface area contributed by atoms with Crippen molar-refractivity contribution in [2.24, 2.45) is 4.99 Å². The third-order valence-corrected chi connectivity index (χ3v) is 3.87. The zero-order chi connectivity index (χ0) is 18.8. The lowest BCUT2D eigenvalue weighted by molar-refractivity contribution is 0.310. The third kappa shape index (κ3) is 5.99. The summed E-state index contributed by atoms with van der Waals surface area (Å²) < 4.78 is 11.0. The van der Waals surface area contributed by atoms with Crippen LogP contribution in [0, 0.1) is 6.92 Å². The molecular weight excluding hydrogens is 326 g/mol. The van der Waals surface area contributed by atoms with Gasteiger partial charge in [-0.2, -0.15) is 0 Å². The first kappa shape index (κ1) is 19.6. The molecule has 5 heteroatoms. The highest BCUT2D eigenvalue weighted by Crippen LogP contribution is 2.28. The minimum atomic E-state index is 0.562. The van der Waals surface area contributed by atoms with E-state index < -0.39 is 0 Å².